The van der Waals surface area contributed by atoms with Crippen LogP contribution >= 0.6 is 23.2 Å². The van der Waals surface area contributed by atoms with E-state index in [0.717, 1.165) is 0 Å². The summed E-state index contributed by atoms with van der Waals surface area (Å²) in [4.78, 5) is 20.2. The van der Waals surface area contributed by atoms with Crippen molar-refractivity contribution in [2.45, 2.75) is 0 Å². The number of nitrogen functional groups attached to an aromatic ring is 1. The number of hydrogen-bond donors (Lipinski definition) is 4. The molecule has 1 amide bonds. The lowest BCUT2D eigenvalue weighted by Gasteiger charge is -2.13. The molecule has 0 atom stereocenters. The molecule has 2 aromatic carbocycles. The Morgan fingerprint density at radius 3 is 2.31 bits per heavy atom. The van der Waals surface area contributed by atoms with E-state index in [-0.39, 0.29) is 17.4 Å². The van der Waals surface area contributed by atoms with Crippen molar-refractivity contribution in [3.05, 3.63) is 70.5 Å². The van der Waals surface area contributed by atoms with Crippen LogP contribution < -0.4 is 21.9 Å². The van der Waals surface area contributed by atoms with Gasteiger partial charge in [0.25, 0.3) is 5.91 Å². The minimum Gasteiger partial charge on any atom is -0.393 e. The van der Waals surface area contributed by atoms with E-state index in [1.54, 1.807) is 42.5 Å². The van der Waals surface area contributed by atoms with Crippen molar-refractivity contribution in [1.82, 2.24) is 15.4 Å². The first-order valence-electron chi connectivity index (χ1n) is 7.48. The van der Waals surface area contributed by atoms with E-state index in [1.807, 2.05) is 6.07 Å². The number of halogens is 2. The van der Waals surface area contributed by atoms with Gasteiger partial charge in [-0.25, -0.2) is 9.97 Å². The summed E-state index contributed by atoms with van der Waals surface area (Å²) in [6.07, 6.45) is 1.31. The van der Waals surface area contributed by atoms with Crippen molar-refractivity contribution in [1.29, 1.82) is 0 Å². The molecule has 0 aliphatic heterocycles. The van der Waals surface area contributed by atoms with Crippen LogP contribution in [0.25, 0.3) is 0 Å². The van der Waals surface area contributed by atoms with Crippen LogP contribution in [0.5, 0.6) is 0 Å². The summed E-state index contributed by atoms with van der Waals surface area (Å²) in [5.74, 6) is 0.273. The number of rotatable bonds is 5. The van der Waals surface area contributed by atoms with Crippen LogP contribution in [0.3, 0.4) is 0 Å². The van der Waals surface area contributed by atoms with Crippen LogP contribution in [-0.4, -0.2) is 15.9 Å². The van der Waals surface area contributed by atoms with E-state index >= 15 is 0 Å². The molecule has 0 saturated carbocycles. The maximum absolute atomic E-state index is 12.1. The standard InChI is InChI=1S/C17H14Cl2N6O/c18-11-6-12(19)8-13(7-11)23-15-14(20)16(22-9-21-15)24-25-17(26)10-4-2-1-3-5-10/h1-9H,20H2,(H,25,26)(H2,21,22,23,24). The van der Waals surface area contributed by atoms with E-state index in [2.05, 4.69) is 26.1 Å². The van der Waals surface area contributed by atoms with E-state index < -0.39 is 0 Å². The first-order chi connectivity index (χ1) is 12.5. The second kappa shape index (κ2) is 7.90. The van der Waals surface area contributed by atoms with Gasteiger partial charge in [-0.05, 0) is 30.3 Å². The van der Waals surface area contributed by atoms with Crippen LogP contribution in [0.1, 0.15) is 10.4 Å². The number of amides is 1. The highest BCUT2D eigenvalue weighted by Crippen LogP contribution is 2.28. The number of benzene rings is 2. The van der Waals surface area contributed by atoms with Gasteiger partial charge in [-0.15, -0.1) is 0 Å². The third kappa shape index (κ3) is 4.33. The Bertz CT molecular complexity index is 916. The normalized spacial score (nSPS) is 10.2. The van der Waals surface area contributed by atoms with Crippen LogP contribution in [0.15, 0.2) is 54.9 Å². The summed E-state index contributed by atoms with van der Waals surface area (Å²) in [6.45, 7) is 0. The predicted molar refractivity (Wildman–Crippen MR) is 104 cm³/mol. The molecule has 0 fully saturated rings. The second-order valence-corrected chi connectivity index (χ2v) is 6.09. The topological polar surface area (TPSA) is 105 Å². The van der Waals surface area contributed by atoms with Gasteiger partial charge in [0.15, 0.2) is 11.6 Å². The van der Waals surface area contributed by atoms with Crippen molar-refractivity contribution in [3.8, 4) is 0 Å². The molecule has 0 radical (unpaired) electrons. The molecule has 132 valence electrons. The van der Waals surface area contributed by atoms with E-state index in [1.165, 1.54) is 6.33 Å². The third-order valence-corrected chi connectivity index (χ3v) is 3.78. The Morgan fingerprint density at radius 1 is 0.962 bits per heavy atom. The molecule has 9 heteroatoms. The number of hydrazine groups is 1. The van der Waals surface area contributed by atoms with Crippen LogP contribution in [-0.2, 0) is 0 Å². The van der Waals surface area contributed by atoms with Crippen molar-refractivity contribution in [3.63, 3.8) is 0 Å². The molecule has 0 aliphatic carbocycles. The lowest BCUT2D eigenvalue weighted by Crippen LogP contribution is -2.30. The zero-order valence-electron chi connectivity index (χ0n) is 13.3. The largest absolute Gasteiger partial charge is 0.393 e. The maximum atomic E-state index is 12.1. The summed E-state index contributed by atoms with van der Waals surface area (Å²) in [6, 6.07) is 13.7. The molecule has 0 unspecified atom stereocenters. The summed E-state index contributed by atoms with van der Waals surface area (Å²) in [5, 5.41) is 3.96. The predicted octanol–water partition coefficient (Wildman–Crippen LogP) is 3.87. The molecule has 0 bridgehead atoms. The van der Waals surface area contributed by atoms with Crippen molar-refractivity contribution >= 4 is 52.1 Å². The number of nitrogens with zero attached hydrogens (tertiary/aromatic N) is 2. The minimum atomic E-state index is -0.320. The van der Waals surface area contributed by atoms with Crippen molar-refractivity contribution < 1.29 is 4.79 Å². The quantitative estimate of drug-likeness (QED) is 0.494. The molecular weight excluding hydrogens is 375 g/mol. The average Bonchev–Trinajstić information content (AvgIpc) is 2.62. The van der Waals surface area contributed by atoms with Gasteiger partial charge in [0.2, 0.25) is 0 Å². The monoisotopic (exact) mass is 388 g/mol. The van der Waals surface area contributed by atoms with E-state index in [9.17, 15) is 4.79 Å². The van der Waals surface area contributed by atoms with Crippen LogP contribution in [0.2, 0.25) is 10.0 Å². The number of nitrogens with two attached hydrogens (primary N) is 1. The molecular formula is C17H14Cl2N6O. The zero-order valence-corrected chi connectivity index (χ0v) is 14.8. The number of carbonyl (C=O) groups is 1. The molecule has 26 heavy (non-hydrogen) atoms. The maximum Gasteiger partial charge on any atom is 0.269 e. The molecule has 0 spiro atoms. The van der Waals surface area contributed by atoms with Crippen molar-refractivity contribution in [2.24, 2.45) is 0 Å². The Labute approximate surface area is 159 Å². The molecule has 1 aromatic heterocycles. The summed E-state index contributed by atoms with van der Waals surface area (Å²) >= 11 is 12.0. The van der Waals surface area contributed by atoms with Gasteiger partial charge in [0.05, 0.1) is 0 Å². The summed E-state index contributed by atoms with van der Waals surface area (Å²) in [7, 11) is 0. The van der Waals surface area contributed by atoms with Gasteiger partial charge in [0, 0.05) is 21.3 Å². The highest BCUT2D eigenvalue weighted by Gasteiger charge is 2.11. The summed E-state index contributed by atoms with van der Waals surface area (Å²) in [5.41, 5.74) is 12.6. The summed E-state index contributed by atoms with van der Waals surface area (Å²) < 4.78 is 0. The zero-order chi connectivity index (χ0) is 18.5. The number of carbonyl (C=O) groups excluding carboxylic acids is 1. The highest BCUT2D eigenvalue weighted by molar-refractivity contribution is 6.35. The minimum absolute atomic E-state index is 0.219. The first-order valence-corrected chi connectivity index (χ1v) is 8.23. The fourth-order valence-electron chi connectivity index (χ4n) is 2.14. The van der Waals surface area contributed by atoms with Gasteiger partial charge in [-0.2, -0.15) is 0 Å². The average molecular weight is 389 g/mol. The SMILES string of the molecule is Nc1c(NNC(=O)c2ccccc2)ncnc1Nc1cc(Cl)cc(Cl)c1. The Balaban J connectivity index is 1.73. The molecule has 0 saturated heterocycles. The van der Waals surface area contributed by atoms with Crippen molar-refractivity contribution in [2.75, 3.05) is 16.5 Å². The number of aromatic nitrogens is 2. The van der Waals surface area contributed by atoms with Crippen LogP contribution in [0.4, 0.5) is 23.0 Å². The van der Waals surface area contributed by atoms with E-state index in [0.29, 0.717) is 27.1 Å². The molecule has 3 rings (SSSR count). The van der Waals surface area contributed by atoms with Gasteiger partial charge in [-0.3, -0.25) is 15.6 Å². The molecule has 3 aromatic rings. The van der Waals surface area contributed by atoms with Gasteiger partial charge in [-0.1, -0.05) is 41.4 Å². The Kier molecular flexibility index (Phi) is 5.40. The molecule has 5 N–H and O–H groups in total. The van der Waals surface area contributed by atoms with Gasteiger partial charge < -0.3 is 11.1 Å². The molecule has 7 nitrogen and oxygen atoms in total. The van der Waals surface area contributed by atoms with E-state index in [4.69, 9.17) is 28.9 Å². The number of anilines is 4. The number of hydrogen-bond acceptors (Lipinski definition) is 6. The fourth-order valence-corrected chi connectivity index (χ4v) is 2.66. The Hall–Kier alpha value is -3.03. The fraction of sp³-hybridized carbons (Fsp3) is 0. The second-order valence-electron chi connectivity index (χ2n) is 5.21. The molecule has 1 heterocycles. The van der Waals surface area contributed by atoms with Gasteiger partial charge in [0.1, 0.15) is 12.0 Å². The number of nitrogens with one attached hydrogen (secondary N) is 3. The lowest BCUT2D eigenvalue weighted by molar-refractivity contribution is 0.0962. The third-order valence-electron chi connectivity index (χ3n) is 3.34. The van der Waals surface area contributed by atoms with Crippen LogP contribution in [0, 0.1) is 0 Å². The Morgan fingerprint density at radius 2 is 1.62 bits per heavy atom. The highest BCUT2D eigenvalue weighted by atomic mass is 35.5. The lowest BCUT2D eigenvalue weighted by atomic mass is 10.2. The first kappa shape index (κ1) is 17.8. The van der Waals surface area contributed by atoms with Gasteiger partial charge >= 0.3 is 0 Å². The smallest absolute Gasteiger partial charge is 0.269 e. The molecule has 0 aliphatic rings.